The Morgan fingerprint density at radius 2 is 2.17 bits per heavy atom. The van der Waals surface area contributed by atoms with E-state index in [2.05, 4.69) is 6.92 Å². The van der Waals surface area contributed by atoms with Gasteiger partial charge in [0.2, 0.25) is 0 Å². The van der Waals surface area contributed by atoms with Gasteiger partial charge in [0.15, 0.2) is 0 Å². The summed E-state index contributed by atoms with van der Waals surface area (Å²) in [6.07, 6.45) is 0. The molecule has 1 atom stereocenters. The van der Waals surface area contributed by atoms with Crippen molar-refractivity contribution in [2.45, 2.75) is 5.54 Å². The highest BCUT2D eigenvalue weighted by molar-refractivity contribution is 6.22. The molecule has 1 unspecified atom stereocenters. The van der Waals surface area contributed by atoms with E-state index < -0.39 is 5.97 Å². The molecule has 0 bridgehead atoms. The van der Waals surface area contributed by atoms with Gasteiger partial charge in [-0.3, -0.25) is 4.79 Å². The Bertz CT molecular complexity index is 59.8. The normalized spacial score (nSPS) is 14.2. The average Bonchev–Trinajstić information content (AvgIpc) is 1.36. The van der Waals surface area contributed by atoms with E-state index in [9.17, 15) is 4.79 Å². The minimum Gasteiger partial charge on any atom is -0.481 e. The minimum absolute atomic E-state index is 0.343. The summed E-state index contributed by atoms with van der Waals surface area (Å²) in [5, 5.41) is 7.96. The molecule has 0 aromatic rings. The molecule has 0 amide bonds. The molecule has 0 aliphatic rings. The third kappa shape index (κ3) is 1.96. The van der Waals surface area contributed by atoms with Gasteiger partial charge in [-0.2, -0.15) is 0 Å². The van der Waals surface area contributed by atoms with Gasteiger partial charge in [-0.15, -0.1) is 0 Å². The Labute approximate surface area is 39.6 Å². The number of rotatable bonds is 1. The van der Waals surface area contributed by atoms with Crippen molar-refractivity contribution in [3.8, 4) is 0 Å². The highest BCUT2D eigenvalue weighted by Gasteiger charge is 1.99. The van der Waals surface area contributed by atoms with E-state index in [0.717, 1.165) is 0 Å². The van der Waals surface area contributed by atoms with E-state index in [4.69, 9.17) is 5.11 Å². The molecule has 0 saturated heterocycles. The molecule has 35 valence electrons. The molecular formula is C3H7O2Si. The number of carboxylic acid groups (broad SMARTS) is 1. The van der Waals surface area contributed by atoms with Crippen LogP contribution >= 0.6 is 0 Å². The first kappa shape index (κ1) is 5.69. The van der Waals surface area contributed by atoms with E-state index in [-0.39, 0.29) is 5.54 Å². The maximum absolute atomic E-state index is 9.67. The lowest BCUT2D eigenvalue weighted by Crippen LogP contribution is -2.01. The van der Waals surface area contributed by atoms with Crippen molar-refractivity contribution in [3.63, 3.8) is 0 Å². The van der Waals surface area contributed by atoms with Crippen molar-refractivity contribution in [2.75, 3.05) is 0 Å². The summed E-state index contributed by atoms with van der Waals surface area (Å²) in [6.45, 7) is 3.30. The van der Waals surface area contributed by atoms with Gasteiger partial charge in [0.05, 0.1) is 0 Å². The van der Waals surface area contributed by atoms with Crippen molar-refractivity contribution in [3.05, 3.63) is 6.92 Å². The molecule has 0 aliphatic heterocycles. The van der Waals surface area contributed by atoms with Crippen LogP contribution in [0.3, 0.4) is 0 Å². The molecule has 1 N–H and O–H groups in total. The number of carbonyl (C=O) groups is 1. The summed E-state index contributed by atoms with van der Waals surface area (Å²) in [5.41, 5.74) is -0.343. The first-order valence-corrected chi connectivity index (χ1v) is 2.86. The van der Waals surface area contributed by atoms with E-state index >= 15 is 0 Å². The van der Waals surface area contributed by atoms with Gasteiger partial charge in [0, 0.05) is 15.8 Å². The Kier molecular flexibility index (Phi) is 1.87. The standard InChI is InChI=1S/C3H7O2Si/c1-2(6)3(4)5/h2H,1H2,6H3,(H,4,5). The Morgan fingerprint density at radius 1 is 2.00 bits per heavy atom. The maximum Gasteiger partial charge on any atom is 0.302 e. The van der Waals surface area contributed by atoms with Gasteiger partial charge >= 0.3 is 5.97 Å². The molecule has 0 aromatic carbocycles. The van der Waals surface area contributed by atoms with Crippen molar-refractivity contribution >= 4 is 16.2 Å². The topological polar surface area (TPSA) is 37.3 Å². The molecule has 0 spiro atoms. The molecule has 1 radical (unpaired) electrons. The van der Waals surface area contributed by atoms with Gasteiger partial charge in [-0.1, -0.05) is 0 Å². The Hall–Kier alpha value is -0.313. The van der Waals surface area contributed by atoms with Crippen LogP contribution < -0.4 is 0 Å². The Morgan fingerprint density at radius 3 is 2.17 bits per heavy atom. The fraction of sp³-hybridized carbons (Fsp3) is 0.333. The molecule has 3 heteroatoms. The van der Waals surface area contributed by atoms with E-state index in [0.29, 0.717) is 10.2 Å². The van der Waals surface area contributed by atoms with Crippen molar-refractivity contribution in [1.29, 1.82) is 0 Å². The van der Waals surface area contributed by atoms with Gasteiger partial charge in [0.25, 0.3) is 0 Å². The van der Waals surface area contributed by atoms with Crippen molar-refractivity contribution < 1.29 is 9.90 Å². The number of hydrogen-bond donors (Lipinski definition) is 1. The van der Waals surface area contributed by atoms with Crippen LogP contribution in [0.25, 0.3) is 0 Å². The van der Waals surface area contributed by atoms with Crippen LogP contribution in [0.15, 0.2) is 0 Å². The first-order chi connectivity index (χ1) is 2.64. The highest BCUT2D eigenvalue weighted by atomic mass is 28.1. The molecule has 0 aromatic heterocycles. The maximum atomic E-state index is 9.67. The predicted molar refractivity (Wildman–Crippen MR) is 26.7 cm³/mol. The minimum atomic E-state index is -0.790. The van der Waals surface area contributed by atoms with Crippen molar-refractivity contribution in [2.24, 2.45) is 0 Å². The fourth-order valence-electron chi connectivity index (χ4n) is 0. The molecular weight excluding hydrogens is 96.1 g/mol. The second-order valence-electron chi connectivity index (χ2n) is 1.24. The van der Waals surface area contributed by atoms with E-state index in [1.165, 1.54) is 0 Å². The monoisotopic (exact) mass is 103 g/mol. The summed E-state index contributed by atoms with van der Waals surface area (Å²) in [5.74, 6) is -0.790. The van der Waals surface area contributed by atoms with E-state index in [1.807, 2.05) is 0 Å². The summed E-state index contributed by atoms with van der Waals surface area (Å²) in [7, 11) is 0.643. The lowest BCUT2D eigenvalue weighted by molar-refractivity contribution is -0.135. The van der Waals surface area contributed by atoms with Crippen LogP contribution in [0.5, 0.6) is 0 Å². The molecule has 0 aliphatic carbocycles. The molecule has 0 saturated carbocycles. The quantitative estimate of drug-likeness (QED) is 0.435. The smallest absolute Gasteiger partial charge is 0.302 e. The lowest BCUT2D eigenvalue weighted by atomic mass is 10.5. The second kappa shape index (κ2) is 1.97. The molecule has 0 heterocycles. The van der Waals surface area contributed by atoms with Crippen LogP contribution in [0.4, 0.5) is 0 Å². The molecule has 0 rings (SSSR count). The third-order valence-corrected chi connectivity index (χ3v) is 0.915. The predicted octanol–water partition coefficient (Wildman–Crippen LogP) is -0.941. The second-order valence-corrected chi connectivity index (χ2v) is 2.63. The van der Waals surface area contributed by atoms with Crippen LogP contribution in [0.2, 0.25) is 5.54 Å². The summed E-state index contributed by atoms with van der Waals surface area (Å²) in [4.78, 5) is 9.67. The van der Waals surface area contributed by atoms with Crippen LogP contribution in [0.1, 0.15) is 0 Å². The van der Waals surface area contributed by atoms with Gasteiger partial charge in [-0.25, -0.2) is 0 Å². The van der Waals surface area contributed by atoms with Gasteiger partial charge in [0.1, 0.15) is 0 Å². The zero-order valence-corrected chi connectivity index (χ0v) is 5.64. The summed E-state index contributed by atoms with van der Waals surface area (Å²) in [6, 6.07) is 0. The summed E-state index contributed by atoms with van der Waals surface area (Å²) < 4.78 is 0. The first-order valence-electron chi connectivity index (χ1n) is 1.70. The SMILES string of the molecule is [CH2]C([SiH3])C(=O)O. The van der Waals surface area contributed by atoms with Crippen LogP contribution in [-0.2, 0) is 4.79 Å². The molecule has 0 fully saturated rings. The number of aliphatic carboxylic acids is 1. The number of hydrogen-bond acceptors (Lipinski definition) is 1. The van der Waals surface area contributed by atoms with Crippen molar-refractivity contribution in [1.82, 2.24) is 0 Å². The summed E-state index contributed by atoms with van der Waals surface area (Å²) >= 11 is 0. The zero-order chi connectivity index (χ0) is 5.15. The number of carboxylic acids is 1. The van der Waals surface area contributed by atoms with Crippen LogP contribution in [0, 0.1) is 6.92 Å². The van der Waals surface area contributed by atoms with Gasteiger partial charge in [-0.05, 0) is 6.92 Å². The average molecular weight is 103 g/mol. The largest absolute Gasteiger partial charge is 0.481 e. The van der Waals surface area contributed by atoms with Crippen LogP contribution in [-0.4, -0.2) is 21.3 Å². The highest BCUT2D eigenvalue weighted by Crippen LogP contribution is 1.89. The third-order valence-electron chi connectivity index (χ3n) is 0.422. The van der Waals surface area contributed by atoms with E-state index in [1.54, 1.807) is 0 Å². The fourth-order valence-corrected chi connectivity index (χ4v) is 0. The lowest BCUT2D eigenvalue weighted by Gasteiger charge is -1.88. The zero-order valence-electron chi connectivity index (χ0n) is 3.64. The molecule has 2 nitrogen and oxygen atoms in total. The Balaban J connectivity index is 3.26. The van der Waals surface area contributed by atoms with Gasteiger partial charge < -0.3 is 5.11 Å². The molecule has 6 heavy (non-hydrogen) atoms.